The smallest absolute Gasteiger partial charge is 0.309 e. The van der Waals surface area contributed by atoms with Gasteiger partial charge in [0.05, 0.1) is 35.7 Å². The summed E-state index contributed by atoms with van der Waals surface area (Å²) in [5, 5.41) is 47.6. The largest absolute Gasteiger partial charge is 0.459 e. The first-order chi connectivity index (χ1) is 17.6. The Labute approximate surface area is 224 Å². The summed E-state index contributed by atoms with van der Waals surface area (Å²) in [6, 6.07) is 0. The van der Waals surface area contributed by atoms with Crippen LogP contribution < -0.4 is 0 Å². The van der Waals surface area contributed by atoms with E-state index in [2.05, 4.69) is 0 Å². The van der Waals surface area contributed by atoms with E-state index in [1.807, 2.05) is 27.7 Å². The molecule has 9 nitrogen and oxygen atoms in total. The predicted octanol–water partition coefficient (Wildman–Crippen LogP) is 1.86. The number of carbonyl (C=O) groups is 2. The van der Waals surface area contributed by atoms with Crippen LogP contribution in [0.4, 0.5) is 0 Å². The molecule has 214 valence electrons. The van der Waals surface area contributed by atoms with Gasteiger partial charge in [-0.2, -0.15) is 0 Å². The van der Waals surface area contributed by atoms with Gasteiger partial charge in [0, 0.05) is 17.3 Å². The maximum atomic E-state index is 12.6. The van der Waals surface area contributed by atoms with Crippen LogP contribution in [0.3, 0.4) is 0 Å². The number of aliphatic hydroxyl groups excluding tert-OH is 2. The van der Waals surface area contributed by atoms with Crippen molar-refractivity contribution in [2.75, 3.05) is 0 Å². The number of hydrogen-bond donors (Lipinski definition) is 4. The molecule has 3 saturated heterocycles. The Morgan fingerprint density at radius 2 is 1.66 bits per heavy atom. The van der Waals surface area contributed by atoms with E-state index in [0.29, 0.717) is 38.5 Å². The number of hydrogen-bond acceptors (Lipinski definition) is 9. The highest BCUT2D eigenvalue weighted by atomic mass is 16.6. The van der Waals surface area contributed by atoms with Crippen molar-refractivity contribution >= 4 is 11.9 Å². The third-order valence-electron chi connectivity index (χ3n) is 12.3. The normalized spacial score (nSPS) is 54.7. The molecular weight excluding hydrogens is 492 g/mol. The van der Waals surface area contributed by atoms with Crippen molar-refractivity contribution in [3.8, 4) is 0 Å². The monoisotopic (exact) mass is 536 g/mol. The molecule has 3 saturated carbocycles. The second kappa shape index (κ2) is 8.15. The molecule has 3 heterocycles. The van der Waals surface area contributed by atoms with Gasteiger partial charge < -0.3 is 34.6 Å². The molecule has 13 atom stereocenters. The molecule has 3 aliphatic carbocycles. The number of cyclic esters (lactones) is 1. The molecule has 0 aromatic heterocycles. The van der Waals surface area contributed by atoms with Crippen LogP contribution in [0.25, 0.3) is 0 Å². The fourth-order valence-electron chi connectivity index (χ4n) is 10.1. The first-order valence-electron chi connectivity index (χ1n) is 14.5. The molecule has 6 rings (SSSR count). The van der Waals surface area contributed by atoms with E-state index in [4.69, 9.17) is 14.2 Å². The van der Waals surface area contributed by atoms with E-state index < -0.39 is 52.0 Å². The lowest BCUT2D eigenvalue weighted by Crippen LogP contribution is -2.67. The van der Waals surface area contributed by atoms with Crippen molar-refractivity contribution in [2.24, 2.45) is 35.0 Å². The molecule has 4 N–H and O–H groups in total. The average Bonchev–Trinajstić information content (AvgIpc) is 3.42. The van der Waals surface area contributed by atoms with Crippen LogP contribution in [0.1, 0.15) is 86.0 Å². The molecule has 6 aliphatic rings. The van der Waals surface area contributed by atoms with Crippen molar-refractivity contribution in [1.82, 2.24) is 0 Å². The van der Waals surface area contributed by atoms with Crippen molar-refractivity contribution in [3.05, 3.63) is 0 Å². The van der Waals surface area contributed by atoms with Crippen LogP contribution >= 0.6 is 0 Å². The SMILES string of the molecule is C[C@@H]([C@@H](O)[C@@H]1C[C@@H](C)C(=O)O1)[C@H]1C[C@H](O)[C@]2(O)[C@@H]3C[C@H]4C(C)(C)O[C@@H]5CC(=O)O[C@@]54CC[C@@]3(O)CC[C@]12C. The van der Waals surface area contributed by atoms with Crippen molar-refractivity contribution in [1.29, 1.82) is 0 Å². The molecule has 0 aromatic rings. The minimum absolute atomic E-state index is 0.190. The lowest BCUT2D eigenvalue weighted by atomic mass is 9.50. The third-order valence-corrected chi connectivity index (χ3v) is 12.3. The Morgan fingerprint density at radius 3 is 2.32 bits per heavy atom. The Kier molecular flexibility index (Phi) is 5.78. The van der Waals surface area contributed by atoms with Crippen LogP contribution in [0.2, 0.25) is 0 Å². The predicted molar refractivity (Wildman–Crippen MR) is 133 cm³/mol. The molecule has 3 aliphatic heterocycles. The fourth-order valence-corrected chi connectivity index (χ4v) is 10.1. The third kappa shape index (κ3) is 3.28. The quantitative estimate of drug-likeness (QED) is 0.398. The molecule has 1 spiro atoms. The van der Waals surface area contributed by atoms with Crippen molar-refractivity contribution < 1.29 is 44.2 Å². The van der Waals surface area contributed by atoms with Gasteiger partial charge in [0.15, 0.2) is 0 Å². The van der Waals surface area contributed by atoms with E-state index in [9.17, 15) is 30.0 Å². The molecule has 9 heteroatoms. The first kappa shape index (κ1) is 26.9. The molecule has 0 radical (unpaired) electrons. The lowest BCUT2D eigenvalue weighted by molar-refractivity contribution is -0.251. The maximum absolute atomic E-state index is 12.6. The minimum Gasteiger partial charge on any atom is -0.459 e. The zero-order valence-corrected chi connectivity index (χ0v) is 23.2. The molecule has 38 heavy (non-hydrogen) atoms. The Bertz CT molecular complexity index is 1030. The summed E-state index contributed by atoms with van der Waals surface area (Å²) < 4.78 is 17.8. The topological polar surface area (TPSA) is 143 Å². The lowest BCUT2D eigenvalue weighted by Gasteiger charge is -2.59. The van der Waals surface area contributed by atoms with Crippen LogP contribution in [0.5, 0.6) is 0 Å². The van der Waals surface area contributed by atoms with Crippen LogP contribution in [0, 0.1) is 35.0 Å². The molecule has 0 unspecified atom stereocenters. The molecule has 0 aromatic carbocycles. The summed E-state index contributed by atoms with van der Waals surface area (Å²) in [6.07, 6.45) is -0.000102. The van der Waals surface area contributed by atoms with E-state index in [0.717, 1.165) is 0 Å². The summed E-state index contributed by atoms with van der Waals surface area (Å²) in [6.45, 7) is 9.65. The summed E-state index contributed by atoms with van der Waals surface area (Å²) in [4.78, 5) is 24.4. The minimum atomic E-state index is -1.61. The van der Waals surface area contributed by atoms with Gasteiger partial charge in [-0.15, -0.1) is 0 Å². The average molecular weight is 537 g/mol. The van der Waals surface area contributed by atoms with Crippen molar-refractivity contribution in [3.63, 3.8) is 0 Å². The number of esters is 2. The fraction of sp³-hybridized carbons (Fsp3) is 0.931. The summed E-state index contributed by atoms with van der Waals surface area (Å²) in [5.74, 6) is -2.37. The first-order valence-corrected chi connectivity index (χ1v) is 14.5. The molecule has 6 fully saturated rings. The number of ether oxygens (including phenoxy) is 3. The molecule has 0 bridgehead atoms. The van der Waals surface area contributed by atoms with E-state index >= 15 is 0 Å². The van der Waals surface area contributed by atoms with Gasteiger partial charge in [-0.1, -0.05) is 20.8 Å². The van der Waals surface area contributed by atoms with E-state index in [-0.39, 0.29) is 54.6 Å². The van der Waals surface area contributed by atoms with Gasteiger partial charge in [0.25, 0.3) is 0 Å². The maximum Gasteiger partial charge on any atom is 0.309 e. The summed E-state index contributed by atoms with van der Waals surface area (Å²) >= 11 is 0. The van der Waals surface area contributed by atoms with Gasteiger partial charge in [-0.05, 0) is 70.6 Å². The van der Waals surface area contributed by atoms with Crippen LogP contribution in [0.15, 0.2) is 0 Å². The second-order valence-electron chi connectivity index (χ2n) is 14.4. The number of carbonyl (C=O) groups excluding carboxylic acids is 2. The molecule has 0 amide bonds. The Morgan fingerprint density at radius 1 is 0.974 bits per heavy atom. The van der Waals surface area contributed by atoms with Gasteiger partial charge in [0.2, 0.25) is 0 Å². The summed E-state index contributed by atoms with van der Waals surface area (Å²) in [5.41, 5.74) is -5.09. The zero-order valence-electron chi connectivity index (χ0n) is 23.2. The van der Waals surface area contributed by atoms with Gasteiger partial charge in [-0.3, -0.25) is 9.59 Å². The molecular formula is C29H44O9. The van der Waals surface area contributed by atoms with Crippen molar-refractivity contribution in [2.45, 2.75) is 133 Å². The standard InChI is InChI=1S/C29H44O9/c1-14-10-17(36-24(14)33)23(32)15(2)16-11-20(30)29(35)19-12-18-25(3,4)37-21-13-22(31)38-28(18,21)9-8-27(19,34)7-6-26(16,29)5/h14-21,23,30,32,34-35H,6-13H2,1-5H3/t14-,15-,16-,17+,18+,19-,20+,21-,23-,26-,27+,28-,29-/m1/s1. The Hall–Kier alpha value is -1.26. The second-order valence-corrected chi connectivity index (χ2v) is 14.4. The summed E-state index contributed by atoms with van der Waals surface area (Å²) in [7, 11) is 0. The van der Waals surface area contributed by atoms with E-state index in [1.165, 1.54) is 0 Å². The number of aliphatic hydroxyl groups is 4. The highest BCUT2D eigenvalue weighted by Crippen LogP contribution is 2.69. The van der Waals surface area contributed by atoms with Crippen LogP contribution in [-0.4, -0.2) is 79.2 Å². The van der Waals surface area contributed by atoms with Gasteiger partial charge in [0.1, 0.15) is 23.4 Å². The number of rotatable bonds is 3. The van der Waals surface area contributed by atoms with Crippen LogP contribution in [-0.2, 0) is 23.8 Å². The Balaban J connectivity index is 1.35. The van der Waals surface area contributed by atoms with Gasteiger partial charge in [-0.25, -0.2) is 0 Å². The number of fused-ring (bicyclic) bond motifs is 3. The zero-order chi connectivity index (χ0) is 27.6. The highest BCUT2D eigenvalue weighted by Gasteiger charge is 2.76. The van der Waals surface area contributed by atoms with Gasteiger partial charge >= 0.3 is 11.9 Å². The highest BCUT2D eigenvalue weighted by molar-refractivity contribution is 5.74. The van der Waals surface area contributed by atoms with E-state index in [1.54, 1.807) is 6.92 Å².